The summed E-state index contributed by atoms with van der Waals surface area (Å²) in [5.41, 5.74) is 2.17. The molecule has 3 aromatic rings. The number of methoxy groups -OCH3 is 1. The van der Waals surface area contributed by atoms with Crippen LogP contribution in [-0.4, -0.2) is 26.3 Å². The molecule has 0 saturated heterocycles. The van der Waals surface area contributed by atoms with Crippen LogP contribution in [0.3, 0.4) is 0 Å². The number of ether oxygens (including phenoxy) is 4. The number of esters is 1. The van der Waals surface area contributed by atoms with E-state index in [1.807, 2.05) is 12.1 Å². The van der Waals surface area contributed by atoms with Crippen LogP contribution in [-0.2, 0) is 22.6 Å². The summed E-state index contributed by atoms with van der Waals surface area (Å²) in [6.07, 6.45) is 2.47. The molecule has 1 aliphatic rings. The van der Waals surface area contributed by atoms with Crippen molar-refractivity contribution in [2.75, 3.05) is 20.3 Å². The third-order valence-corrected chi connectivity index (χ3v) is 4.74. The van der Waals surface area contributed by atoms with Gasteiger partial charge in [0, 0.05) is 23.4 Å². The maximum Gasteiger partial charge on any atom is 0.310 e. The molecule has 0 fully saturated rings. The number of fused-ring (bicyclic) bond motifs is 2. The molecule has 1 aliphatic heterocycles. The van der Waals surface area contributed by atoms with Gasteiger partial charge in [-0.25, -0.2) is 0 Å². The molecule has 0 unspecified atom stereocenters. The van der Waals surface area contributed by atoms with Gasteiger partial charge in [-0.2, -0.15) is 0 Å². The lowest BCUT2D eigenvalue weighted by molar-refractivity contribution is -0.144. The minimum atomic E-state index is -0.359. The summed E-state index contributed by atoms with van der Waals surface area (Å²) < 4.78 is 27.4. The zero-order valence-electron chi connectivity index (χ0n) is 15.3. The SMILES string of the molecule is COc1ccc2c(CC(=O)OCc3cc(Cl)c4c(c3)OCCCO4)coc2c1. The lowest BCUT2D eigenvalue weighted by atomic mass is 10.1. The van der Waals surface area contributed by atoms with E-state index in [1.54, 1.807) is 31.6 Å². The highest BCUT2D eigenvalue weighted by atomic mass is 35.5. The van der Waals surface area contributed by atoms with Crippen molar-refractivity contribution < 1.29 is 28.2 Å². The molecule has 0 radical (unpaired) electrons. The smallest absolute Gasteiger partial charge is 0.310 e. The van der Waals surface area contributed by atoms with E-state index in [4.69, 9.17) is 35.0 Å². The number of carbonyl (C=O) groups excluding carboxylic acids is 1. The fraction of sp³-hybridized carbons (Fsp3) is 0.286. The Morgan fingerprint density at radius 3 is 2.89 bits per heavy atom. The van der Waals surface area contributed by atoms with Crippen molar-refractivity contribution in [3.8, 4) is 17.2 Å². The van der Waals surface area contributed by atoms with E-state index in [-0.39, 0.29) is 19.0 Å². The molecule has 7 heteroatoms. The lowest BCUT2D eigenvalue weighted by Crippen LogP contribution is -2.08. The van der Waals surface area contributed by atoms with Gasteiger partial charge in [-0.3, -0.25) is 4.79 Å². The molecule has 28 heavy (non-hydrogen) atoms. The quantitative estimate of drug-likeness (QED) is 0.583. The number of hydrogen-bond donors (Lipinski definition) is 0. The van der Waals surface area contributed by atoms with Gasteiger partial charge in [0.25, 0.3) is 0 Å². The summed E-state index contributed by atoms with van der Waals surface area (Å²) >= 11 is 6.27. The molecule has 0 aliphatic carbocycles. The van der Waals surface area contributed by atoms with Crippen molar-refractivity contribution in [3.63, 3.8) is 0 Å². The lowest BCUT2D eigenvalue weighted by Gasteiger charge is -2.12. The van der Waals surface area contributed by atoms with Crippen molar-refractivity contribution in [2.24, 2.45) is 0 Å². The van der Waals surface area contributed by atoms with Gasteiger partial charge in [0.2, 0.25) is 0 Å². The summed E-state index contributed by atoms with van der Waals surface area (Å²) in [5.74, 6) is 1.45. The molecule has 0 N–H and O–H groups in total. The average molecular weight is 403 g/mol. The van der Waals surface area contributed by atoms with E-state index in [0.29, 0.717) is 41.1 Å². The highest BCUT2D eigenvalue weighted by Crippen LogP contribution is 2.38. The van der Waals surface area contributed by atoms with Crippen LogP contribution < -0.4 is 14.2 Å². The molecule has 0 saturated carbocycles. The average Bonchev–Trinajstić information content (AvgIpc) is 2.93. The van der Waals surface area contributed by atoms with Gasteiger partial charge >= 0.3 is 5.97 Å². The minimum absolute atomic E-state index is 0.0960. The molecule has 0 atom stereocenters. The van der Waals surface area contributed by atoms with Gasteiger partial charge in [0.1, 0.15) is 17.9 Å². The van der Waals surface area contributed by atoms with Crippen LogP contribution in [0.15, 0.2) is 41.0 Å². The van der Waals surface area contributed by atoms with Gasteiger partial charge in [-0.15, -0.1) is 0 Å². The van der Waals surface area contributed by atoms with E-state index in [0.717, 1.165) is 22.9 Å². The maximum absolute atomic E-state index is 12.3. The van der Waals surface area contributed by atoms with Crippen molar-refractivity contribution in [1.82, 2.24) is 0 Å². The van der Waals surface area contributed by atoms with Crippen molar-refractivity contribution >= 4 is 28.5 Å². The zero-order valence-corrected chi connectivity index (χ0v) is 16.1. The number of rotatable bonds is 5. The minimum Gasteiger partial charge on any atom is -0.497 e. The number of furan rings is 1. The van der Waals surface area contributed by atoms with Crippen molar-refractivity contribution in [3.05, 3.63) is 52.7 Å². The van der Waals surface area contributed by atoms with E-state index in [1.165, 1.54) is 0 Å². The Morgan fingerprint density at radius 2 is 2.04 bits per heavy atom. The first-order valence-corrected chi connectivity index (χ1v) is 9.29. The van der Waals surface area contributed by atoms with E-state index in [2.05, 4.69) is 0 Å². The molecular formula is C21H19ClO6. The van der Waals surface area contributed by atoms with Crippen LogP contribution in [0.2, 0.25) is 5.02 Å². The Morgan fingerprint density at radius 1 is 1.18 bits per heavy atom. The number of halogens is 1. The van der Waals surface area contributed by atoms with Gasteiger partial charge in [0.05, 0.1) is 38.0 Å². The molecule has 0 spiro atoms. The van der Waals surface area contributed by atoms with Crippen molar-refractivity contribution in [1.29, 1.82) is 0 Å². The molecule has 2 heterocycles. The van der Waals surface area contributed by atoms with Crippen molar-refractivity contribution in [2.45, 2.75) is 19.4 Å². The van der Waals surface area contributed by atoms with Crippen LogP contribution in [0.25, 0.3) is 11.0 Å². The topological polar surface area (TPSA) is 67.1 Å². The number of hydrogen-bond acceptors (Lipinski definition) is 6. The van der Waals surface area contributed by atoms with E-state index in [9.17, 15) is 4.79 Å². The fourth-order valence-electron chi connectivity index (χ4n) is 3.07. The largest absolute Gasteiger partial charge is 0.497 e. The van der Waals surface area contributed by atoms with Gasteiger partial charge < -0.3 is 23.4 Å². The van der Waals surface area contributed by atoms with Crippen LogP contribution in [0.4, 0.5) is 0 Å². The second-order valence-electron chi connectivity index (χ2n) is 6.42. The highest BCUT2D eigenvalue weighted by Gasteiger charge is 2.17. The Balaban J connectivity index is 1.42. The summed E-state index contributed by atoms with van der Waals surface area (Å²) in [6, 6.07) is 8.99. The predicted octanol–water partition coefficient (Wildman–Crippen LogP) is 4.54. The standard InChI is InChI=1S/C21H19ClO6/c1-24-15-3-4-16-14(12-27-18(16)10-15)9-20(23)28-11-13-7-17(22)21-19(8-13)25-5-2-6-26-21/h3-4,7-8,10,12H,2,5-6,9,11H2,1H3. The highest BCUT2D eigenvalue weighted by molar-refractivity contribution is 6.32. The Bertz CT molecular complexity index is 1010. The normalized spacial score (nSPS) is 13.2. The summed E-state index contributed by atoms with van der Waals surface area (Å²) in [7, 11) is 1.59. The summed E-state index contributed by atoms with van der Waals surface area (Å²) in [6.45, 7) is 1.22. The van der Waals surface area contributed by atoms with Gasteiger partial charge in [0.15, 0.2) is 11.5 Å². The van der Waals surface area contributed by atoms with Crippen LogP contribution in [0.1, 0.15) is 17.5 Å². The second-order valence-corrected chi connectivity index (χ2v) is 6.82. The third kappa shape index (κ3) is 3.87. The zero-order chi connectivity index (χ0) is 19.5. The Labute approximate surface area is 166 Å². The van der Waals surface area contributed by atoms with E-state index < -0.39 is 0 Å². The molecule has 0 amide bonds. The number of benzene rings is 2. The monoisotopic (exact) mass is 402 g/mol. The third-order valence-electron chi connectivity index (χ3n) is 4.46. The first kappa shape index (κ1) is 18.5. The molecule has 4 rings (SSSR count). The van der Waals surface area contributed by atoms with E-state index >= 15 is 0 Å². The number of carbonyl (C=O) groups is 1. The first-order valence-electron chi connectivity index (χ1n) is 8.92. The first-order chi connectivity index (χ1) is 13.6. The summed E-state index contributed by atoms with van der Waals surface area (Å²) in [5, 5.41) is 1.30. The van der Waals surface area contributed by atoms with Crippen LogP contribution in [0.5, 0.6) is 17.2 Å². The molecular weight excluding hydrogens is 384 g/mol. The predicted molar refractivity (Wildman–Crippen MR) is 103 cm³/mol. The maximum atomic E-state index is 12.3. The molecule has 1 aromatic heterocycles. The molecule has 6 nitrogen and oxygen atoms in total. The Hall–Kier alpha value is -2.86. The summed E-state index contributed by atoms with van der Waals surface area (Å²) in [4.78, 5) is 12.3. The van der Waals surface area contributed by atoms with Gasteiger partial charge in [-0.1, -0.05) is 11.6 Å². The molecule has 146 valence electrons. The van der Waals surface area contributed by atoms with Crippen LogP contribution >= 0.6 is 11.6 Å². The van der Waals surface area contributed by atoms with Gasteiger partial charge in [-0.05, 0) is 29.8 Å². The second kappa shape index (κ2) is 8.02. The molecule has 2 aromatic carbocycles. The fourth-order valence-corrected chi connectivity index (χ4v) is 3.35. The van der Waals surface area contributed by atoms with Crippen LogP contribution in [0, 0.1) is 0 Å². The Kier molecular flexibility index (Phi) is 5.30. The molecule has 0 bridgehead atoms.